The van der Waals surface area contributed by atoms with E-state index in [4.69, 9.17) is 17.3 Å². The minimum Gasteiger partial charge on any atom is -0.391 e. The van der Waals surface area contributed by atoms with Gasteiger partial charge in [-0.05, 0) is 18.6 Å². The largest absolute Gasteiger partial charge is 0.416 e. The Balaban J connectivity index is 0.00000400. The number of benzene rings is 1. The van der Waals surface area contributed by atoms with Crippen LogP contribution in [0, 0.1) is 5.82 Å². The van der Waals surface area contributed by atoms with E-state index >= 15 is 0 Å². The Morgan fingerprint density at radius 2 is 1.90 bits per heavy atom. The molecule has 122 valence electrons. The van der Waals surface area contributed by atoms with Gasteiger partial charge in [-0.1, -0.05) is 31.4 Å². The molecule has 1 aromatic carbocycles. The summed E-state index contributed by atoms with van der Waals surface area (Å²) < 4.78 is 52.6. The van der Waals surface area contributed by atoms with Crippen LogP contribution in [0.2, 0.25) is 5.02 Å². The Morgan fingerprint density at radius 1 is 1.33 bits per heavy atom. The number of unbranched alkanes of at least 4 members (excludes halogenated alkanes) is 1. The van der Waals surface area contributed by atoms with E-state index < -0.39 is 40.3 Å². The zero-order valence-corrected chi connectivity index (χ0v) is 12.8. The molecule has 1 aromatic rings. The van der Waals surface area contributed by atoms with Gasteiger partial charge in [0.1, 0.15) is 5.82 Å². The van der Waals surface area contributed by atoms with Crippen LogP contribution in [0.4, 0.5) is 17.6 Å². The first-order chi connectivity index (χ1) is 9.20. The molecule has 0 aliphatic carbocycles. The van der Waals surface area contributed by atoms with Crippen LogP contribution in [-0.2, 0) is 6.18 Å². The van der Waals surface area contributed by atoms with Crippen LogP contribution in [-0.4, -0.2) is 11.2 Å². The molecule has 2 atom stereocenters. The van der Waals surface area contributed by atoms with Gasteiger partial charge in [0, 0.05) is 5.56 Å². The lowest BCUT2D eigenvalue weighted by Crippen LogP contribution is -2.29. The summed E-state index contributed by atoms with van der Waals surface area (Å²) in [5, 5.41) is 9.35. The van der Waals surface area contributed by atoms with Crippen LogP contribution in [0.3, 0.4) is 0 Å². The van der Waals surface area contributed by atoms with Crippen LogP contribution in [0.5, 0.6) is 0 Å². The van der Waals surface area contributed by atoms with Crippen molar-refractivity contribution in [1.29, 1.82) is 0 Å². The van der Waals surface area contributed by atoms with Crippen molar-refractivity contribution in [3.63, 3.8) is 0 Å². The SMILES string of the molecule is CCCC[C@@H](O)[C@@H](N)c1c(C(F)(F)F)ccc(Cl)c1F.Cl. The molecule has 0 bridgehead atoms. The second-order valence-corrected chi connectivity index (χ2v) is 4.96. The highest BCUT2D eigenvalue weighted by molar-refractivity contribution is 6.30. The number of aliphatic hydroxyl groups is 1. The number of halogens is 6. The third kappa shape index (κ3) is 4.98. The van der Waals surface area contributed by atoms with Gasteiger partial charge in [-0.15, -0.1) is 12.4 Å². The standard InChI is InChI=1S/C13H16ClF4NO.ClH/c1-2-3-4-9(20)12(19)10-7(13(16,17)18)5-6-8(14)11(10)15;/h5-6,9,12,20H,2-4,19H2,1H3;1H/t9-,12-;/m1./s1. The Hall–Kier alpha value is -0.560. The van der Waals surface area contributed by atoms with E-state index in [9.17, 15) is 22.7 Å². The maximum Gasteiger partial charge on any atom is 0.416 e. The maximum absolute atomic E-state index is 13.9. The number of hydrogen-bond acceptors (Lipinski definition) is 2. The van der Waals surface area contributed by atoms with Crippen LogP contribution in [0.25, 0.3) is 0 Å². The number of hydrogen-bond donors (Lipinski definition) is 2. The molecule has 0 unspecified atom stereocenters. The van der Waals surface area contributed by atoms with Crippen LogP contribution in [0.15, 0.2) is 12.1 Å². The molecule has 0 fully saturated rings. The Morgan fingerprint density at radius 3 is 2.38 bits per heavy atom. The zero-order valence-electron chi connectivity index (χ0n) is 11.3. The highest BCUT2D eigenvalue weighted by atomic mass is 35.5. The smallest absolute Gasteiger partial charge is 0.391 e. The monoisotopic (exact) mass is 349 g/mol. The van der Waals surface area contributed by atoms with Gasteiger partial charge >= 0.3 is 6.18 Å². The van der Waals surface area contributed by atoms with Crippen molar-refractivity contribution in [2.24, 2.45) is 5.73 Å². The predicted octanol–water partition coefficient (Wildman–Crippen LogP) is 4.47. The number of alkyl halides is 3. The zero-order chi connectivity index (χ0) is 15.5. The van der Waals surface area contributed by atoms with Gasteiger partial charge in [-0.25, -0.2) is 4.39 Å². The predicted molar refractivity (Wildman–Crippen MR) is 76.1 cm³/mol. The quantitative estimate of drug-likeness (QED) is 0.770. The molecule has 0 heterocycles. The van der Waals surface area contributed by atoms with Crippen molar-refractivity contribution in [1.82, 2.24) is 0 Å². The van der Waals surface area contributed by atoms with Crippen LogP contribution < -0.4 is 5.73 Å². The maximum atomic E-state index is 13.9. The molecule has 0 aromatic heterocycles. The first kappa shape index (κ1) is 20.4. The average molecular weight is 350 g/mol. The van der Waals surface area contributed by atoms with Gasteiger partial charge in [0.25, 0.3) is 0 Å². The topological polar surface area (TPSA) is 46.2 Å². The molecule has 2 nitrogen and oxygen atoms in total. The van der Waals surface area contributed by atoms with Gasteiger partial charge in [-0.2, -0.15) is 13.2 Å². The van der Waals surface area contributed by atoms with Gasteiger partial charge in [0.15, 0.2) is 0 Å². The van der Waals surface area contributed by atoms with Gasteiger partial charge in [0.05, 0.1) is 22.7 Å². The van der Waals surface area contributed by atoms with Gasteiger partial charge in [-0.3, -0.25) is 0 Å². The van der Waals surface area contributed by atoms with Crippen LogP contribution >= 0.6 is 24.0 Å². The van der Waals surface area contributed by atoms with E-state index in [0.717, 1.165) is 12.5 Å². The summed E-state index contributed by atoms with van der Waals surface area (Å²) in [4.78, 5) is 0. The summed E-state index contributed by atoms with van der Waals surface area (Å²) in [5.41, 5.74) is 3.61. The minimum absolute atomic E-state index is 0. The molecule has 0 saturated carbocycles. The highest BCUT2D eigenvalue weighted by Crippen LogP contribution is 2.38. The summed E-state index contributed by atoms with van der Waals surface area (Å²) in [5.74, 6) is -1.23. The summed E-state index contributed by atoms with van der Waals surface area (Å²) in [6.07, 6.45) is -4.50. The van der Waals surface area contributed by atoms with Crippen molar-refractivity contribution in [2.45, 2.75) is 44.5 Å². The lowest BCUT2D eigenvalue weighted by Gasteiger charge is -2.23. The first-order valence-electron chi connectivity index (χ1n) is 6.18. The molecule has 0 saturated heterocycles. The minimum atomic E-state index is -4.76. The van der Waals surface area contributed by atoms with E-state index in [1.807, 2.05) is 6.92 Å². The first-order valence-corrected chi connectivity index (χ1v) is 6.56. The van der Waals surface area contributed by atoms with Crippen molar-refractivity contribution >= 4 is 24.0 Å². The Kier molecular flexibility index (Phi) is 7.95. The molecule has 21 heavy (non-hydrogen) atoms. The molecule has 0 amide bonds. The molecule has 8 heteroatoms. The molecule has 0 aliphatic heterocycles. The molecule has 3 N–H and O–H groups in total. The van der Waals surface area contributed by atoms with Crippen molar-refractivity contribution in [2.75, 3.05) is 0 Å². The van der Waals surface area contributed by atoms with Crippen molar-refractivity contribution in [3.8, 4) is 0 Å². The van der Waals surface area contributed by atoms with E-state index in [-0.39, 0.29) is 18.8 Å². The van der Waals surface area contributed by atoms with E-state index in [2.05, 4.69) is 0 Å². The number of aliphatic hydroxyl groups excluding tert-OH is 1. The van der Waals surface area contributed by atoms with Crippen molar-refractivity contribution in [3.05, 3.63) is 34.1 Å². The summed E-state index contributed by atoms with van der Waals surface area (Å²) >= 11 is 5.51. The summed E-state index contributed by atoms with van der Waals surface area (Å²) in [7, 11) is 0. The molecular formula is C13H17Cl2F4NO. The Bertz CT molecular complexity index is 468. The molecule has 0 aliphatic rings. The third-order valence-corrected chi connectivity index (χ3v) is 3.33. The summed E-state index contributed by atoms with van der Waals surface area (Å²) in [6, 6.07) is 0.0264. The summed E-state index contributed by atoms with van der Waals surface area (Å²) in [6.45, 7) is 1.86. The average Bonchev–Trinajstić information content (AvgIpc) is 2.36. The van der Waals surface area contributed by atoms with Gasteiger partial charge < -0.3 is 10.8 Å². The number of rotatable bonds is 5. The molecule has 0 radical (unpaired) electrons. The molecule has 1 rings (SSSR count). The van der Waals surface area contributed by atoms with Crippen LogP contribution in [0.1, 0.15) is 43.4 Å². The van der Waals surface area contributed by atoms with Crippen molar-refractivity contribution < 1.29 is 22.7 Å². The lowest BCUT2D eigenvalue weighted by atomic mass is 9.93. The fourth-order valence-corrected chi connectivity index (χ4v) is 2.09. The van der Waals surface area contributed by atoms with E-state index in [0.29, 0.717) is 12.5 Å². The lowest BCUT2D eigenvalue weighted by molar-refractivity contribution is -0.138. The number of nitrogens with two attached hydrogens (primary N) is 1. The normalized spacial score (nSPS) is 14.5. The third-order valence-electron chi connectivity index (χ3n) is 3.04. The van der Waals surface area contributed by atoms with E-state index in [1.54, 1.807) is 0 Å². The fourth-order valence-electron chi connectivity index (χ4n) is 1.92. The van der Waals surface area contributed by atoms with E-state index in [1.165, 1.54) is 0 Å². The molecular weight excluding hydrogens is 333 g/mol. The highest BCUT2D eigenvalue weighted by Gasteiger charge is 2.38. The fraction of sp³-hybridized carbons (Fsp3) is 0.538. The molecule has 0 spiro atoms. The second kappa shape index (κ2) is 8.17. The van der Waals surface area contributed by atoms with Gasteiger partial charge in [0.2, 0.25) is 0 Å². The second-order valence-electron chi connectivity index (χ2n) is 4.56. The Labute approximate surface area is 131 Å².